The van der Waals surface area contributed by atoms with Gasteiger partial charge in [-0.05, 0) is 37.8 Å². The van der Waals surface area contributed by atoms with E-state index < -0.39 is 13.2 Å². The van der Waals surface area contributed by atoms with Crippen molar-refractivity contribution in [2.45, 2.75) is 31.5 Å². The van der Waals surface area contributed by atoms with Gasteiger partial charge in [-0.2, -0.15) is 0 Å². The highest BCUT2D eigenvalue weighted by Gasteiger charge is 2.55. The lowest BCUT2D eigenvalue weighted by molar-refractivity contribution is 0.0515. The van der Waals surface area contributed by atoms with Gasteiger partial charge in [-0.1, -0.05) is 11.3 Å². The number of anilines is 1. The second kappa shape index (κ2) is 9.01. The van der Waals surface area contributed by atoms with Crippen LogP contribution in [0.1, 0.15) is 6.42 Å². The number of aromatic nitrogens is 4. The van der Waals surface area contributed by atoms with Crippen molar-refractivity contribution in [1.29, 1.82) is 0 Å². The molecule has 2 bridgehead atoms. The molecule has 1 saturated carbocycles. The van der Waals surface area contributed by atoms with Crippen LogP contribution in [-0.2, 0) is 4.74 Å². The standard InChI is InChI=1S/C21H26BFN6O3S/c1-22(30)29-10-13-8-16(29)18(23)19(13)27(2)21-26-25-20(33-21)15-5-4-14(28-7-6-24-11-28)9-17(15)32-12-31-3/h4-7,9,11,13,16,18-19,30H,8,10,12H2,1-3H3/t13?,16?,18-,19-/m1/s1. The topological polar surface area (TPSA) is 88.8 Å². The molecule has 174 valence electrons. The van der Waals surface area contributed by atoms with E-state index in [2.05, 4.69) is 15.2 Å². The SMILES string of the molecule is COCOc1cc(-n2ccnc2)ccc1-c1nnc(N(C)[C@@H]2C3CC([C@H]2F)N(B(C)O)C3)s1. The molecule has 1 N–H and O–H groups in total. The molecule has 0 spiro atoms. The van der Waals surface area contributed by atoms with E-state index in [-0.39, 0.29) is 24.8 Å². The molecule has 3 aromatic rings. The lowest BCUT2D eigenvalue weighted by Gasteiger charge is -2.38. The van der Waals surface area contributed by atoms with Gasteiger partial charge in [0.1, 0.15) is 11.9 Å². The van der Waals surface area contributed by atoms with Crippen LogP contribution >= 0.6 is 11.3 Å². The molecule has 0 radical (unpaired) electrons. The summed E-state index contributed by atoms with van der Waals surface area (Å²) in [4.78, 5) is 7.85. The average Bonchev–Trinajstić information content (AvgIpc) is 3.60. The molecule has 2 aromatic heterocycles. The number of piperidine rings is 1. The molecule has 3 heterocycles. The largest absolute Gasteiger partial charge is 0.467 e. The summed E-state index contributed by atoms with van der Waals surface area (Å²) in [5.74, 6) is 0.760. The Labute approximate surface area is 195 Å². The highest BCUT2D eigenvalue weighted by Crippen LogP contribution is 2.44. The molecule has 1 aliphatic heterocycles. The molecular formula is C21H26BFN6O3S. The molecule has 1 saturated heterocycles. The molecule has 4 atom stereocenters. The maximum Gasteiger partial charge on any atom is 0.376 e. The van der Waals surface area contributed by atoms with Crippen molar-refractivity contribution in [3.8, 4) is 22.0 Å². The van der Waals surface area contributed by atoms with E-state index in [0.717, 1.165) is 17.7 Å². The van der Waals surface area contributed by atoms with Crippen molar-refractivity contribution in [3.63, 3.8) is 0 Å². The summed E-state index contributed by atoms with van der Waals surface area (Å²) in [6.45, 7) is 2.49. The minimum absolute atomic E-state index is 0.0976. The Bertz CT molecular complexity index is 1100. The normalized spacial score (nSPS) is 24.4. The highest BCUT2D eigenvalue weighted by atomic mass is 32.1. The zero-order valence-corrected chi connectivity index (χ0v) is 19.5. The number of alkyl halides is 1. The van der Waals surface area contributed by atoms with E-state index in [1.807, 2.05) is 45.7 Å². The summed E-state index contributed by atoms with van der Waals surface area (Å²) in [5, 5.41) is 20.0. The van der Waals surface area contributed by atoms with Gasteiger partial charge < -0.3 is 28.8 Å². The van der Waals surface area contributed by atoms with Crippen LogP contribution in [0, 0.1) is 5.92 Å². The van der Waals surface area contributed by atoms with E-state index in [0.29, 0.717) is 22.4 Å². The second-order valence-corrected chi connectivity index (χ2v) is 9.48. The third kappa shape index (κ3) is 4.01. The number of hydrogen-bond donors (Lipinski definition) is 1. The molecule has 9 nitrogen and oxygen atoms in total. The minimum atomic E-state index is -1.05. The second-order valence-electron chi connectivity index (χ2n) is 8.53. The minimum Gasteiger partial charge on any atom is -0.467 e. The number of fused-ring (bicyclic) bond motifs is 2. The molecule has 1 aliphatic carbocycles. The molecule has 5 rings (SSSR count). The van der Waals surface area contributed by atoms with Crippen molar-refractivity contribution in [3.05, 3.63) is 36.9 Å². The molecule has 12 heteroatoms. The van der Waals surface area contributed by atoms with Gasteiger partial charge in [0.05, 0.1) is 23.6 Å². The number of imidazole rings is 1. The van der Waals surface area contributed by atoms with Crippen LogP contribution in [0.3, 0.4) is 0 Å². The summed E-state index contributed by atoms with van der Waals surface area (Å²) in [7, 11) is 2.81. The maximum absolute atomic E-state index is 15.3. The Kier molecular flexibility index (Phi) is 6.08. The smallest absolute Gasteiger partial charge is 0.376 e. The molecule has 2 unspecified atom stereocenters. The van der Waals surface area contributed by atoms with E-state index in [4.69, 9.17) is 9.47 Å². The van der Waals surface area contributed by atoms with Crippen LogP contribution in [0.5, 0.6) is 5.75 Å². The van der Waals surface area contributed by atoms with E-state index in [1.54, 1.807) is 26.5 Å². The third-order valence-electron chi connectivity index (χ3n) is 6.57. The van der Waals surface area contributed by atoms with E-state index in [1.165, 1.54) is 11.3 Å². The number of benzene rings is 1. The Hall–Kier alpha value is -2.54. The monoisotopic (exact) mass is 472 g/mol. The van der Waals surface area contributed by atoms with Crippen molar-refractivity contribution < 1.29 is 18.9 Å². The number of hydrogen-bond acceptors (Lipinski definition) is 9. The first-order valence-corrected chi connectivity index (χ1v) is 11.7. The first-order chi connectivity index (χ1) is 16.0. The van der Waals surface area contributed by atoms with Crippen LogP contribution in [0.2, 0.25) is 6.82 Å². The Morgan fingerprint density at radius 2 is 2.21 bits per heavy atom. The fourth-order valence-electron chi connectivity index (χ4n) is 5.03. The van der Waals surface area contributed by atoms with Gasteiger partial charge >= 0.3 is 7.05 Å². The average molecular weight is 472 g/mol. The third-order valence-corrected chi connectivity index (χ3v) is 7.61. The van der Waals surface area contributed by atoms with Gasteiger partial charge in [0.25, 0.3) is 0 Å². The Morgan fingerprint density at radius 1 is 1.36 bits per heavy atom. The lowest BCUT2D eigenvalue weighted by atomic mass is 9.81. The first kappa shape index (κ1) is 22.3. The molecular weight excluding hydrogens is 446 g/mol. The fourth-order valence-corrected chi connectivity index (χ4v) is 5.91. The van der Waals surface area contributed by atoms with Crippen LogP contribution in [0.4, 0.5) is 9.52 Å². The van der Waals surface area contributed by atoms with E-state index >= 15 is 4.39 Å². The predicted molar refractivity (Wildman–Crippen MR) is 124 cm³/mol. The maximum atomic E-state index is 15.3. The van der Waals surface area contributed by atoms with Gasteiger partial charge in [0.15, 0.2) is 11.8 Å². The van der Waals surface area contributed by atoms with Gasteiger partial charge in [-0.25, -0.2) is 9.37 Å². The van der Waals surface area contributed by atoms with Crippen LogP contribution < -0.4 is 9.64 Å². The predicted octanol–water partition coefficient (Wildman–Crippen LogP) is 2.33. The van der Waals surface area contributed by atoms with Crippen molar-refractivity contribution in [1.82, 2.24) is 24.6 Å². The first-order valence-electron chi connectivity index (χ1n) is 10.9. The van der Waals surface area contributed by atoms with Gasteiger partial charge in [-0.3, -0.25) is 0 Å². The van der Waals surface area contributed by atoms with Crippen molar-refractivity contribution in [2.24, 2.45) is 5.92 Å². The van der Waals surface area contributed by atoms with Gasteiger partial charge in [0, 0.05) is 38.7 Å². The zero-order chi connectivity index (χ0) is 23.1. The summed E-state index contributed by atoms with van der Waals surface area (Å²) in [5.41, 5.74) is 1.69. The molecule has 33 heavy (non-hydrogen) atoms. The zero-order valence-electron chi connectivity index (χ0n) is 18.7. The number of halogens is 1. The molecule has 0 amide bonds. The number of ether oxygens (including phenoxy) is 2. The fraction of sp³-hybridized carbons (Fsp3) is 0.476. The van der Waals surface area contributed by atoms with Crippen molar-refractivity contribution in [2.75, 3.05) is 32.4 Å². The Balaban J connectivity index is 1.39. The highest BCUT2D eigenvalue weighted by molar-refractivity contribution is 7.18. The number of methoxy groups -OCH3 is 1. The number of rotatable bonds is 8. The van der Waals surface area contributed by atoms with E-state index in [9.17, 15) is 5.02 Å². The lowest BCUT2D eigenvalue weighted by Crippen LogP contribution is -2.56. The van der Waals surface area contributed by atoms with Crippen LogP contribution in [-0.4, -0.2) is 82.4 Å². The van der Waals surface area contributed by atoms with Gasteiger partial charge in [0.2, 0.25) is 5.13 Å². The van der Waals surface area contributed by atoms with Crippen LogP contribution in [0.15, 0.2) is 36.9 Å². The quantitative estimate of drug-likeness (QED) is 0.395. The summed E-state index contributed by atoms with van der Waals surface area (Å²) >= 11 is 1.40. The number of nitrogens with zero attached hydrogens (tertiary/aromatic N) is 6. The molecule has 2 fully saturated rings. The van der Waals surface area contributed by atoms with Crippen LogP contribution in [0.25, 0.3) is 16.3 Å². The summed E-state index contributed by atoms with van der Waals surface area (Å²) in [6, 6.07) is 5.26. The Morgan fingerprint density at radius 3 is 2.91 bits per heavy atom. The summed E-state index contributed by atoms with van der Waals surface area (Å²) in [6.07, 6.45) is 4.98. The van der Waals surface area contributed by atoms with Crippen molar-refractivity contribution >= 4 is 23.5 Å². The van der Waals surface area contributed by atoms with Gasteiger partial charge in [-0.15, -0.1) is 10.2 Å². The summed E-state index contributed by atoms with van der Waals surface area (Å²) < 4.78 is 28.1. The molecule has 2 aliphatic rings. The molecule has 1 aromatic carbocycles.